The van der Waals surface area contributed by atoms with Gasteiger partial charge in [0.2, 0.25) is 5.91 Å². The van der Waals surface area contributed by atoms with Crippen LogP contribution < -0.4 is 15.7 Å². The van der Waals surface area contributed by atoms with Gasteiger partial charge in [-0.05, 0) is 50.9 Å². The molecular weight excluding hydrogens is 332 g/mol. The molecule has 1 heterocycles. The zero-order valence-electron chi connectivity index (χ0n) is 16.5. The Morgan fingerprint density at radius 2 is 1.62 bits per heavy atom. The van der Waals surface area contributed by atoms with Gasteiger partial charge < -0.3 is 25.3 Å². The van der Waals surface area contributed by atoms with Crippen LogP contribution in [0.15, 0.2) is 0 Å². The first-order chi connectivity index (χ1) is 12.3. The Kier molecular flexibility index (Phi) is 10.5. The second kappa shape index (κ2) is 12.0. The summed E-state index contributed by atoms with van der Waals surface area (Å²) in [4.78, 5) is 33.9. The van der Waals surface area contributed by atoms with Gasteiger partial charge >= 0.3 is 0 Å². The third-order valence-electron chi connectivity index (χ3n) is 5.43. The number of nitrogens with one attached hydrogen (secondary N) is 1. The molecule has 2 fully saturated rings. The fourth-order valence-corrected chi connectivity index (χ4v) is 3.90. The summed E-state index contributed by atoms with van der Waals surface area (Å²) < 4.78 is 0. The second-order valence-corrected chi connectivity index (χ2v) is 8.06. The first-order valence-corrected chi connectivity index (χ1v) is 10.1. The maximum Gasteiger partial charge on any atom is 0.223 e. The number of nitrogens with two attached hydrogens (primary N) is 1. The lowest BCUT2D eigenvalue weighted by molar-refractivity contribution is -0.662. The van der Waals surface area contributed by atoms with Gasteiger partial charge in [-0.1, -0.05) is 26.2 Å². The van der Waals surface area contributed by atoms with Gasteiger partial charge in [-0.3, -0.25) is 4.79 Å². The molecule has 6 nitrogen and oxygen atoms in total. The average Bonchev–Trinajstić information content (AvgIpc) is 2.61. The molecule has 1 aliphatic carbocycles. The van der Waals surface area contributed by atoms with E-state index in [9.17, 15) is 19.5 Å². The van der Waals surface area contributed by atoms with E-state index >= 15 is 0 Å². The monoisotopic (exact) mass is 368 g/mol. The zero-order chi connectivity index (χ0) is 19.4. The smallest absolute Gasteiger partial charge is 0.223 e. The first kappa shape index (κ1) is 22.6. The average molecular weight is 369 g/mol. The lowest BCUT2D eigenvalue weighted by Gasteiger charge is -2.38. The van der Waals surface area contributed by atoms with Crippen LogP contribution in [-0.2, 0) is 14.4 Å². The number of rotatable bonds is 7. The molecule has 2 rings (SSSR count). The molecule has 0 spiro atoms. The van der Waals surface area contributed by atoms with Crippen molar-refractivity contribution in [1.82, 2.24) is 5.32 Å². The second-order valence-electron chi connectivity index (χ2n) is 8.06. The van der Waals surface area contributed by atoms with Crippen LogP contribution >= 0.6 is 0 Å². The van der Waals surface area contributed by atoms with Crippen LogP contribution in [-0.4, -0.2) is 37.3 Å². The predicted octanol–water partition coefficient (Wildman–Crippen LogP) is 0.542. The number of carboxylic acid groups (broad SMARTS) is 1. The third-order valence-corrected chi connectivity index (χ3v) is 5.43. The number of piperidine rings is 1. The molecule has 150 valence electrons. The van der Waals surface area contributed by atoms with Crippen molar-refractivity contribution in [2.24, 2.45) is 11.3 Å². The maximum atomic E-state index is 11.9. The van der Waals surface area contributed by atoms with Gasteiger partial charge in [0.1, 0.15) is 5.78 Å². The van der Waals surface area contributed by atoms with Crippen LogP contribution in [0.4, 0.5) is 0 Å². The number of carboxylic acids is 1. The topological polar surface area (TPSA) is 103 Å². The van der Waals surface area contributed by atoms with Gasteiger partial charge in [0.25, 0.3) is 0 Å². The molecule has 0 bridgehead atoms. The molecule has 1 saturated carbocycles. The fourth-order valence-electron chi connectivity index (χ4n) is 3.90. The highest BCUT2D eigenvalue weighted by Crippen LogP contribution is 2.38. The molecule has 1 aliphatic heterocycles. The van der Waals surface area contributed by atoms with Crippen molar-refractivity contribution in [3.63, 3.8) is 0 Å². The number of quaternary nitrogens is 1. The number of hydrogen-bond donors (Lipinski definition) is 2. The minimum Gasteiger partial charge on any atom is -0.550 e. The summed E-state index contributed by atoms with van der Waals surface area (Å²) >= 11 is 0. The van der Waals surface area contributed by atoms with Crippen LogP contribution in [0, 0.1) is 11.3 Å². The highest BCUT2D eigenvalue weighted by Gasteiger charge is 2.33. The number of amides is 1. The van der Waals surface area contributed by atoms with Crippen LogP contribution in [0.3, 0.4) is 0 Å². The van der Waals surface area contributed by atoms with Crippen molar-refractivity contribution >= 4 is 17.7 Å². The maximum absolute atomic E-state index is 11.9. The van der Waals surface area contributed by atoms with E-state index in [0.29, 0.717) is 6.54 Å². The van der Waals surface area contributed by atoms with E-state index in [0.717, 1.165) is 32.1 Å². The SMILES string of the molecule is C1CC[NH2+]CC1.CC(=O)CC(C)C(=O)NCC1(CC(=O)[O-])CCCCC1. The number of ketones is 1. The normalized spacial score (nSPS) is 20.2. The van der Waals surface area contributed by atoms with Gasteiger partial charge in [0, 0.05) is 24.9 Å². The molecule has 1 atom stereocenters. The van der Waals surface area contributed by atoms with Crippen molar-refractivity contribution in [2.75, 3.05) is 19.6 Å². The summed E-state index contributed by atoms with van der Waals surface area (Å²) in [6, 6.07) is 0. The quantitative estimate of drug-likeness (QED) is 0.684. The van der Waals surface area contributed by atoms with E-state index in [1.165, 1.54) is 39.3 Å². The van der Waals surface area contributed by atoms with Crippen molar-refractivity contribution in [3.8, 4) is 0 Å². The molecule has 0 aromatic carbocycles. The van der Waals surface area contributed by atoms with Gasteiger partial charge in [-0.2, -0.15) is 0 Å². The standard InChI is InChI=1S/C15H25NO4.C5H11N/c1-11(8-12(2)17)14(20)16-10-15(9-13(18)19)6-4-3-5-7-15;1-2-4-6-5-3-1/h11H,3-10H2,1-2H3,(H,16,20)(H,18,19);6H,1-5H2. The highest BCUT2D eigenvalue weighted by molar-refractivity contribution is 5.85. The molecule has 1 amide bonds. The Morgan fingerprint density at radius 3 is 2.04 bits per heavy atom. The molecule has 6 heteroatoms. The summed E-state index contributed by atoms with van der Waals surface area (Å²) in [5, 5.41) is 16.1. The Labute approximate surface area is 157 Å². The minimum atomic E-state index is -1.06. The van der Waals surface area contributed by atoms with Crippen LogP contribution in [0.5, 0.6) is 0 Å². The van der Waals surface area contributed by atoms with Crippen LogP contribution in [0.1, 0.15) is 78.1 Å². The Morgan fingerprint density at radius 1 is 1.04 bits per heavy atom. The summed E-state index contributed by atoms with van der Waals surface area (Å²) in [5.74, 6) is -1.62. The van der Waals surface area contributed by atoms with E-state index in [1.807, 2.05) is 0 Å². The third kappa shape index (κ3) is 9.32. The van der Waals surface area contributed by atoms with Crippen LogP contribution in [0.25, 0.3) is 0 Å². The lowest BCUT2D eigenvalue weighted by atomic mass is 9.71. The molecule has 2 aliphatic rings. The summed E-state index contributed by atoms with van der Waals surface area (Å²) in [6.45, 7) is 6.29. The van der Waals surface area contributed by atoms with Crippen molar-refractivity contribution < 1.29 is 24.8 Å². The number of carbonyl (C=O) groups is 3. The minimum absolute atomic E-state index is 0.00559. The summed E-state index contributed by atoms with van der Waals surface area (Å²) in [6.07, 6.45) is 9.29. The van der Waals surface area contributed by atoms with Gasteiger partial charge in [-0.25, -0.2) is 0 Å². The Balaban J connectivity index is 0.000000472. The van der Waals surface area contributed by atoms with E-state index in [-0.39, 0.29) is 35.9 Å². The number of carbonyl (C=O) groups excluding carboxylic acids is 3. The van der Waals surface area contributed by atoms with Crippen LogP contribution in [0.2, 0.25) is 0 Å². The largest absolute Gasteiger partial charge is 0.550 e. The predicted molar refractivity (Wildman–Crippen MR) is 98.1 cm³/mol. The molecular formula is C20H36N2O4. The van der Waals surface area contributed by atoms with E-state index in [4.69, 9.17) is 0 Å². The van der Waals surface area contributed by atoms with Gasteiger partial charge in [0.15, 0.2) is 0 Å². The van der Waals surface area contributed by atoms with Gasteiger partial charge in [-0.15, -0.1) is 0 Å². The summed E-state index contributed by atoms with van der Waals surface area (Å²) in [5.41, 5.74) is -0.372. The molecule has 1 saturated heterocycles. The van der Waals surface area contributed by atoms with E-state index < -0.39 is 5.97 Å². The molecule has 0 aromatic heterocycles. The first-order valence-electron chi connectivity index (χ1n) is 10.1. The van der Waals surface area contributed by atoms with Gasteiger partial charge in [0.05, 0.1) is 13.1 Å². The highest BCUT2D eigenvalue weighted by atomic mass is 16.4. The Bertz CT molecular complexity index is 443. The number of aliphatic carboxylic acids is 1. The Hall–Kier alpha value is -1.43. The molecule has 26 heavy (non-hydrogen) atoms. The zero-order valence-corrected chi connectivity index (χ0v) is 16.5. The number of Topliss-reactive ketones (excluding diaryl/α,β-unsaturated/α-hetero) is 1. The molecule has 3 N–H and O–H groups in total. The lowest BCUT2D eigenvalue weighted by Crippen LogP contribution is -2.85. The fraction of sp³-hybridized carbons (Fsp3) is 0.850. The van der Waals surface area contributed by atoms with E-state index in [2.05, 4.69) is 10.6 Å². The van der Waals surface area contributed by atoms with Crippen molar-refractivity contribution in [3.05, 3.63) is 0 Å². The molecule has 0 aromatic rings. The number of hydrogen-bond acceptors (Lipinski definition) is 4. The summed E-state index contributed by atoms with van der Waals surface area (Å²) in [7, 11) is 0. The van der Waals surface area contributed by atoms with Crippen molar-refractivity contribution in [2.45, 2.75) is 78.1 Å². The van der Waals surface area contributed by atoms with E-state index in [1.54, 1.807) is 6.92 Å². The molecule has 1 unspecified atom stereocenters. The van der Waals surface area contributed by atoms with Crippen molar-refractivity contribution in [1.29, 1.82) is 0 Å². The molecule has 0 radical (unpaired) electrons.